The van der Waals surface area contributed by atoms with Gasteiger partial charge in [-0.1, -0.05) is 65.7 Å². The van der Waals surface area contributed by atoms with Gasteiger partial charge in [-0.3, -0.25) is 9.10 Å². The van der Waals surface area contributed by atoms with E-state index in [1.165, 1.54) is 23.5 Å². The molecule has 8 nitrogen and oxygen atoms in total. The molecular formula is C34H30Cl2N4O4S. The Hall–Kier alpha value is -4.57. The minimum Gasteiger partial charge on any atom is -0.497 e. The normalized spacial score (nSPS) is 11.5. The Balaban J connectivity index is 1.46. The average molecular weight is 662 g/mol. The van der Waals surface area contributed by atoms with Crippen molar-refractivity contribution in [2.24, 2.45) is 5.10 Å². The molecule has 0 spiro atoms. The molecular weight excluding hydrogens is 631 g/mol. The summed E-state index contributed by atoms with van der Waals surface area (Å²) in [6, 6.07) is 29.0. The van der Waals surface area contributed by atoms with E-state index in [2.05, 4.69) is 10.5 Å². The van der Waals surface area contributed by atoms with Gasteiger partial charge in [-0.25, -0.2) is 13.8 Å². The zero-order chi connectivity index (χ0) is 32.1. The molecule has 0 aliphatic carbocycles. The standard InChI is InChI=1S/C34H30Cl2N4O4S/c1-23-19-26(24(2)40(23)33-18-13-27(35)20-31(33)36)21-37-38-34(41)30-11-7-8-12-32(30)39(22-25-9-5-4-6-10-25)45(42,43)29-16-14-28(44-3)15-17-29/h4-21H,22H2,1-3H3,(H,38,41)/b37-21-. The minimum atomic E-state index is -4.10. The van der Waals surface area contributed by atoms with Gasteiger partial charge in [0.05, 0.1) is 46.7 Å². The predicted octanol–water partition coefficient (Wildman–Crippen LogP) is 7.57. The number of amides is 1. The Morgan fingerprint density at radius 1 is 0.933 bits per heavy atom. The van der Waals surface area contributed by atoms with Crippen molar-refractivity contribution >= 4 is 51.0 Å². The van der Waals surface area contributed by atoms with E-state index >= 15 is 0 Å². The van der Waals surface area contributed by atoms with Crippen LogP contribution >= 0.6 is 23.2 Å². The number of nitrogens with zero attached hydrogens (tertiary/aromatic N) is 3. The summed E-state index contributed by atoms with van der Waals surface area (Å²) in [6.45, 7) is 3.86. The van der Waals surface area contributed by atoms with Gasteiger partial charge in [-0.05, 0) is 80.1 Å². The molecule has 0 radical (unpaired) electrons. The number of hydrogen-bond donors (Lipinski definition) is 1. The third-order valence-corrected chi connectivity index (χ3v) is 9.54. The highest BCUT2D eigenvalue weighted by atomic mass is 35.5. The van der Waals surface area contributed by atoms with E-state index < -0.39 is 15.9 Å². The molecule has 0 aliphatic rings. The van der Waals surface area contributed by atoms with Crippen LogP contribution in [0.3, 0.4) is 0 Å². The molecule has 0 aliphatic heterocycles. The van der Waals surface area contributed by atoms with Gasteiger partial charge in [0.1, 0.15) is 5.75 Å². The van der Waals surface area contributed by atoms with Gasteiger partial charge in [-0.15, -0.1) is 0 Å². The highest BCUT2D eigenvalue weighted by Crippen LogP contribution is 2.31. The van der Waals surface area contributed by atoms with Crippen molar-refractivity contribution < 1.29 is 17.9 Å². The number of carbonyl (C=O) groups is 1. The Kier molecular flexibility index (Phi) is 9.63. The Labute approximate surface area is 272 Å². The van der Waals surface area contributed by atoms with Gasteiger partial charge >= 0.3 is 0 Å². The highest BCUT2D eigenvalue weighted by Gasteiger charge is 2.29. The molecule has 0 saturated heterocycles. The van der Waals surface area contributed by atoms with Crippen molar-refractivity contribution in [2.75, 3.05) is 11.4 Å². The van der Waals surface area contributed by atoms with Gasteiger partial charge in [0.2, 0.25) is 0 Å². The molecule has 1 amide bonds. The molecule has 0 atom stereocenters. The summed E-state index contributed by atoms with van der Waals surface area (Å²) in [4.78, 5) is 13.6. The highest BCUT2D eigenvalue weighted by molar-refractivity contribution is 7.92. The van der Waals surface area contributed by atoms with Gasteiger partial charge in [-0.2, -0.15) is 5.10 Å². The maximum absolute atomic E-state index is 14.0. The largest absolute Gasteiger partial charge is 0.497 e. The third kappa shape index (κ3) is 6.91. The molecule has 11 heteroatoms. The predicted molar refractivity (Wildman–Crippen MR) is 180 cm³/mol. The molecule has 0 saturated carbocycles. The number of methoxy groups -OCH3 is 1. The number of hydrogen-bond acceptors (Lipinski definition) is 5. The molecule has 5 aromatic rings. The Morgan fingerprint density at radius 2 is 1.62 bits per heavy atom. The number of benzene rings is 4. The maximum Gasteiger partial charge on any atom is 0.273 e. The van der Waals surface area contributed by atoms with Gasteiger partial charge in [0.25, 0.3) is 15.9 Å². The lowest BCUT2D eigenvalue weighted by Gasteiger charge is -2.26. The summed E-state index contributed by atoms with van der Waals surface area (Å²) in [5, 5.41) is 5.25. The van der Waals surface area contributed by atoms with E-state index in [4.69, 9.17) is 27.9 Å². The number of anilines is 1. The van der Waals surface area contributed by atoms with E-state index in [1.807, 2.05) is 60.9 Å². The van der Waals surface area contributed by atoms with Crippen LogP contribution in [0.4, 0.5) is 5.69 Å². The number of hydrazone groups is 1. The van der Waals surface area contributed by atoms with Crippen molar-refractivity contribution in [1.29, 1.82) is 0 Å². The first-order valence-electron chi connectivity index (χ1n) is 13.9. The summed E-state index contributed by atoms with van der Waals surface area (Å²) < 4.78 is 36.5. The molecule has 45 heavy (non-hydrogen) atoms. The average Bonchev–Trinajstić information content (AvgIpc) is 3.32. The summed E-state index contributed by atoms with van der Waals surface area (Å²) >= 11 is 12.5. The number of sulfonamides is 1. The SMILES string of the molecule is COc1ccc(S(=O)(=O)N(Cc2ccccc2)c2ccccc2C(=O)N/N=C\c2cc(C)n(-c3ccc(Cl)cc3Cl)c2C)cc1. The first-order chi connectivity index (χ1) is 21.6. The van der Waals surface area contributed by atoms with Crippen LogP contribution in [0.15, 0.2) is 113 Å². The van der Waals surface area contributed by atoms with Crippen LogP contribution in [-0.4, -0.2) is 32.2 Å². The van der Waals surface area contributed by atoms with E-state index in [-0.39, 0.29) is 22.7 Å². The Bertz CT molecular complexity index is 1980. The monoisotopic (exact) mass is 660 g/mol. The minimum absolute atomic E-state index is 0.00199. The fourth-order valence-electron chi connectivity index (χ4n) is 4.98. The van der Waals surface area contributed by atoms with Crippen LogP contribution in [0.1, 0.15) is 32.9 Å². The number of nitrogens with one attached hydrogen (secondary N) is 1. The maximum atomic E-state index is 14.0. The molecule has 1 aromatic heterocycles. The van der Waals surface area contributed by atoms with Crippen molar-refractivity contribution in [3.8, 4) is 11.4 Å². The summed E-state index contributed by atoms with van der Waals surface area (Å²) in [5.74, 6) is -0.0439. The Morgan fingerprint density at radius 3 is 2.31 bits per heavy atom. The number of aryl methyl sites for hydroxylation is 1. The molecule has 230 valence electrons. The van der Waals surface area contributed by atoms with Crippen LogP contribution in [0.25, 0.3) is 5.69 Å². The quantitative estimate of drug-likeness (QED) is 0.124. The van der Waals surface area contributed by atoms with Crippen molar-refractivity contribution in [3.63, 3.8) is 0 Å². The topological polar surface area (TPSA) is 93.0 Å². The summed E-state index contributed by atoms with van der Waals surface area (Å²) in [6.07, 6.45) is 1.54. The first kappa shape index (κ1) is 31.8. The molecule has 5 rings (SSSR count). The van der Waals surface area contributed by atoms with Gasteiger partial charge < -0.3 is 9.30 Å². The molecule has 1 heterocycles. The van der Waals surface area contributed by atoms with Crippen LogP contribution in [-0.2, 0) is 16.6 Å². The zero-order valence-corrected chi connectivity index (χ0v) is 27.1. The molecule has 0 fully saturated rings. The van der Waals surface area contributed by atoms with Crippen LogP contribution in [0.2, 0.25) is 10.0 Å². The molecule has 0 bridgehead atoms. The summed E-state index contributed by atoms with van der Waals surface area (Å²) in [7, 11) is -2.59. The van der Waals surface area contributed by atoms with Crippen LogP contribution in [0, 0.1) is 13.8 Å². The number of rotatable bonds is 10. The summed E-state index contributed by atoms with van der Waals surface area (Å²) in [5.41, 5.74) is 6.97. The first-order valence-corrected chi connectivity index (χ1v) is 16.1. The van der Waals surface area contributed by atoms with Crippen molar-refractivity contribution in [3.05, 3.63) is 141 Å². The fraction of sp³-hybridized carbons (Fsp3) is 0.118. The second kappa shape index (κ2) is 13.6. The van der Waals surface area contributed by atoms with E-state index in [9.17, 15) is 13.2 Å². The number of halogens is 2. The molecule has 4 aromatic carbocycles. The number of carbonyl (C=O) groups excluding carboxylic acids is 1. The number of ether oxygens (including phenoxy) is 1. The van der Waals surface area contributed by atoms with E-state index in [0.717, 1.165) is 28.2 Å². The van der Waals surface area contributed by atoms with Crippen molar-refractivity contribution in [2.45, 2.75) is 25.3 Å². The smallest absolute Gasteiger partial charge is 0.273 e. The van der Waals surface area contributed by atoms with Gasteiger partial charge in [0.15, 0.2) is 0 Å². The lowest BCUT2D eigenvalue weighted by atomic mass is 10.1. The number of aromatic nitrogens is 1. The fourth-order valence-corrected chi connectivity index (χ4v) is 6.94. The van der Waals surface area contributed by atoms with Crippen molar-refractivity contribution in [1.82, 2.24) is 9.99 Å². The van der Waals surface area contributed by atoms with Gasteiger partial charge in [0, 0.05) is 22.0 Å². The second-order valence-corrected chi connectivity index (χ2v) is 12.9. The van der Waals surface area contributed by atoms with E-state index in [0.29, 0.717) is 15.8 Å². The lowest BCUT2D eigenvalue weighted by Crippen LogP contribution is -2.33. The van der Waals surface area contributed by atoms with E-state index in [1.54, 1.807) is 54.7 Å². The molecule has 0 unspecified atom stereocenters. The third-order valence-electron chi connectivity index (χ3n) is 7.22. The lowest BCUT2D eigenvalue weighted by molar-refractivity contribution is 0.0955. The number of para-hydroxylation sites is 1. The van der Waals surface area contributed by atoms with Crippen LogP contribution < -0.4 is 14.5 Å². The zero-order valence-electron chi connectivity index (χ0n) is 24.7. The van der Waals surface area contributed by atoms with Crippen LogP contribution in [0.5, 0.6) is 5.75 Å². The molecule has 1 N–H and O–H groups in total. The second-order valence-electron chi connectivity index (χ2n) is 10.1.